The summed E-state index contributed by atoms with van der Waals surface area (Å²) in [7, 11) is 0. The zero-order chi connectivity index (χ0) is 26.0. The first-order chi connectivity index (χ1) is 18.0. The summed E-state index contributed by atoms with van der Waals surface area (Å²) in [5, 5.41) is 13.1. The molecule has 0 aromatic carbocycles. The minimum absolute atomic E-state index is 0.0881. The van der Waals surface area contributed by atoms with E-state index in [1.807, 2.05) is 4.90 Å². The normalized spacial score (nSPS) is 21.4. The first kappa shape index (κ1) is 27.4. The molecule has 1 aliphatic heterocycles. The number of rotatable bonds is 13. The van der Waals surface area contributed by atoms with Gasteiger partial charge in [-0.2, -0.15) is 0 Å². The maximum Gasteiger partial charge on any atom is 0.222 e. The zero-order valence-electron chi connectivity index (χ0n) is 22.3. The second kappa shape index (κ2) is 13.8. The number of aryl methyl sites for hydroxylation is 1. The quantitative estimate of drug-likeness (QED) is 0.285. The second-order valence-corrected chi connectivity index (χ2v) is 11.4. The van der Waals surface area contributed by atoms with Crippen LogP contribution >= 0.6 is 11.8 Å². The lowest BCUT2D eigenvalue weighted by Crippen LogP contribution is -2.30. The van der Waals surface area contributed by atoms with Crippen molar-refractivity contribution < 1.29 is 9.59 Å². The molecule has 2 heterocycles. The lowest BCUT2D eigenvalue weighted by molar-refractivity contribution is -0.127. The summed E-state index contributed by atoms with van der Waals surface area (Å²) in [6.45, 7) is 6.68. The van der Waals surface area contributed by atoms with E-state index in [-0.39, 0.29) is 17.9 Å². The molecule has 0 spiro atoms. The fourth-order valence-corrected chi connectivity index (χ4v) is 6.37. The number of nitrogens with one attached hydrogen (secondary N) is 1. The summed E-state index contributed by atoms with van der Waals surface area (Å²) in [6.07, 6.45) is 20.8. The Kier molecular flexibility index (Phi) is 10.2. The molecule has 2 unspecified atom stereocenters. The van der Waals surface area contributed by atoms with Gasteiger partial charge in [-0.25, -0.2) is 0 Å². The standard InChI is InChI=1S/C29H41N5O2S/c1-22-18-23(2)20-24(19-22)21-37-29-32-31-26(34(29)25-10-4-3-5-11-25)12-6-7-13-27(35)30-15-9-17-33-16-8-14-28(33)36/h3-5,10,18-19,23,25H,6-9,11-17,20-21H2,1-2H3,(H,30,35). The molecule has 37 heavy (non-hydrogen) atoms. The highest BCUT2D eigenvalue weighted by atomic mass is 32.2. The van der Waals surface area contributed by atoms with Crippen LogP contribution < -0.4 is 5.32 Å². The van der Waals surface area contributed by atoms with Crippen LogP contribution in [-0.2, 0) is 16.0 Å². The summed E-state index contributed by atoms with van der Waals surface area (Å²) in [5.74, 6) is 2.86. The smallest absolute Gasteiger partial charge is 0.222 e. The Balaban J connectivity index is 1.24. The van der Waals surface area contributed by atoms with Crippen LogP contribution in [0.5, 0.6) is 0 Å². The molecule has 1 aromatic heterocycles. The Morgan fingerprint density at radius 3 is 2.86 bits per heavy atom. The van der Waals surface area contributed by atoms with E-state index in [1.165, 1.54) is 11.1 Å². The number of allylic oxidation sites excluding steroid dienone is 7. The third kappa shape index (κ3) is 8.19. The molecule has 4 rings (SSSR count). The van der Waals surface area contributed by atoms with Gasteiger partial charge in [0.15, 0.2) is 5.16 Å². The van der Waals surface area contributed by atoms with Crippen molar-refractivity contribution in [2.75, 3.05) is 25.4 Å². The molecule has 1 aromatic rings. The van der Waals surface area contributed by atoms with Gasteiger partial charge in [-0.05, 0) is 51.4 Å². The zero-order valence-corrected chi connectivity index (χ0v) is 23.1. The van der Waals surface area contributed by atoms with Crippen molar-refractivity contribution in [2.24, 2.45) is 5.92 Å². The van der Waals surface area contributed by atoms with Crippen LogP contribution in [0.3, 0.4) is 0 Å². The van der Waals surface area contributed by atoms with Crippen LogP contribution in [0.25, 0.3) is 0 Å². The van der Waals surface area contributed by atoms with Gasteiger partial charge in [-0.1, -0.05) is 66.3 Å². The summed E-state index contributed by atoms with van der Waals surface area (Å²) >= 11 is 1.78. The summed E-state index contributed by atoms with van der Waals surface area (Å²) in [6, 6.07) is 0.240. The summed E-state index contributed by atoms with van der Waals surface area (Å²) in [5.41, 5.74) is 2.81. The van der Waals surface area contributed by atoms with Gasteiger partial charge < -0.3 is 10.2 Å². The van der Waals surface area contributed by atoms with Crippen molar-refractivity contribution in [1.29, 1.82) is 0 Å². The predicted molar refractivity (Wildman–Crippen MR) is 149 cm³/mol. The van der Waals surface area contributed by atoms with E-state index in [4.69, 9.17) is 0 Å². The van der Waals surface area contributed by atoms with Crippen molar-refractivity contribution in [3.05, 3.63) is 53.4 Å². The monoisotopic (exact) mass is 523 g/mol. The number of carbonyl (C=O) groups excluding carboxylic acids is 2. The number of aromatic nitrogens is 3. The van der Waals surface area contributed by atoms with Crippen LogP contribution in [0, 0.1) is 5.92 Å². The second-order valence-electron chi connectivity index (χ2n) is 10.5. The van der Waals surface area contributed by atoms with Crippen LogP contribution in [0.4, 0.5) is 0 Å². The molecular weight excluding hydrogens is 482 g/mol. The number of likely N-dealkylation sites (tertiary alicyclic amines) is 1. The molecule has 0 bridgehead atoms. The van der Waals surface area contributed by atoms with Crippen LogP contribution in [0.15, 0.2) is 52.8 Å². The summed E-state index contributed by atoms with van der Waals surface area (Å²) < 4.78 is 2.31. The van der Waals surface area contributed by atoms with Crippen molar-refractivity contribution in [1.82, 2.24) is 25.0 Å². The van der Waals surface area contributed by atoms with E-state index in [0.29, 0.717) is 25.3 Å². The molecule has 200 valence electrons. The maximum atomic E-state index is 12.3. The number of thioether (sulfide) groups is 1. The lowest BCUT2D eigenvalue weighted by atomic mass is 9.93. The number of unbranched alkanes of at least 4 members (excludes halogenated alkanes) is 1. The van der Waals surface area contributed by atoms with Crippen molar-refractivity contribution >= 4 is 23.6 Å². The maximum absolute atomic E-state index is 12.3. The molecule has 8 heteroatoms. The Morgan fingerprint density at radius 2 is 2.11 bits per heavy atom. The minimum Gasteiger partial charge on any atom is -0.356 e. The van der Waals surface area contributed by atoms with Gasteiger partial charge in [-0.3, -0.25) is 14.2 Å². The highest BCUT2D eigenvalue weighted by Crippen LogP contribution is 2.31. The van der Waals surface area contributed by atoms with Crippen molar-refractivity contribution in [3.8, 4) is 0 Å². The molecule has 0 saturated carbocycles. The lowest BCUT2D eigenvalue weighted by Gasteiger charge is -2.20. The molecule has 2 aliphatic carbocycles. The van der Waals surface area contributed by atoms with Crippen LogP contribution in [0.1, 0.15) is 77.1 Å². The fraction of sp³-hybridized carbons (Fsp3) is 0.586. The molecule has 3 aliphatic rings. The first-order valence-corrected chi connectivity index (χ1v) is 14.8. The predicted octanol–water partition coefficient (Wildman–Crippen LogP) is 5.18. The fourth-order valence-electron chi connectivity index (χ4n) is 5.37. The van der Waals surface area contributed by atoms with E-state index < -0.39 is 0 Å². The third-order valence-corrected chi connectivity index (χ3v) is 8.18. The largest absolute Gasteiger partial charge is 0.356 e. The van der Waals surface area contributed by atoms with E-state index in [2.05, 4.69) is 70.4 Å². The molecule has 2 amide bonds. The molecular formula is C29H41N5O2S. The average Bonchev–Trinajstić information content (AvgIpc) is 3.48. The SMILES string of the molecule is CC1=CC(C)CC(CSc2nnc(CCCCC(=O)NCCCN3CCCC3=O)n2C2C=CC=CC2)=C1. The van der Waals surface area contributed by atoms with Gasteiger partial charge >= 0.3 is 0 Å². The van der Waals surface area contributed by atoms with Crippen molar-refractivity contribution in [3.63, 3.8) is 0 Å². The third-order valence-electron chi connectivity index (χ3n) is 7.13. The van der Waals surface area contributed by atoms with E-state index in [0.717, 1.165) is 74.8 Å². The van der Waals surface area contributed by atoms with Gasteiger partial charge in [0.25, 0.3) is 0 Å². The average molecular weight is 524 g/mol. The van der Waals surface area contributed by atoms with Gasteiger partial charge in [-0.15, -0.1) is 10.2 Å². The highest BCUT2D eigenvalue weighted by Gasteiger charge is 2.21. The van der Waals surface area contributed by atoms with E-state index in [9.17, 15) is 9.59 Å². The molecule has 0 radical (unpaired) electrons. The minimum atomic E-state index is 0.0881. The molecule has 1 N–H and O–H groups in total. The van der Waals surface area contributed by atoms with E-state index in [1.54, 1.807) is 11.8 Å². The molecule has 2 atom stereocenters. The summed E-state index contributed by atoms with van der Waals surface area (Å²) in [4.78, 5) is 25.8. The first-order valence-electron chi connectivity index (χ1n) is 13.8. The Bertz CT molecular complexity index is 1070. The Labute approximate surface area is 225 Å². The van der Waals surface area contributed by atoms with Crippen molar-refractivity contribution in [2.45, 2.75) is 82.8 Å². The topological polar surface area (TPSA) is 80.1 Å². The highest BCUT2D eigenvalue weighted by molar-refractivity contribution is 7.99. The molecule has 7 nitrogen and oxygen atoms in total. The number of nitrogens with zero attached hydrogens (tertiary/aromatic N) is 4. The van der Waals surface area contributed by atoms with Crippen LogP contribution in [0.2, 0.25) is 0 Å². The number of hydrogen-bond acceptors (Lipinski definition) is 5. The van der Waals surface area contributed by atoms with Crippen LogP contribution in [-0.4, -0.2) is 56.9 Å². The molecule has 1 saturated heterocycles. The van der Waals surface area contributed by atoms with Gasteiger partial charge in [0, 0.05) is 44.6 Å². The number of amides is 2. The Morgan fingerprint density at radius 1 is 1.22 bits per heavy atom. The van der Waals surface area contributed by atoms with Gasteiger partial charge in [0.1, 0.15) is 5.82 Å². The Hall–Kier alpha value is -2.61. The number of hydrogen-bond donors (Lipinski definition) is 1. The molecule has 1 fully saturated rings. The van der Waals surface area contributed by atoms with Gasteiger partial charge in [0.2, 0.25) is 11.8 Å². The van der Waals surface area contributed by atoms with Gasteiger partial charge in [0.05, 0.1) is 6.04 Å². The van der Waals surface area contributed by atoms with E-state index >= 15 is 0 Å². The number of carbonyl (C=O) groups is 2.